The fourth-order valence-electron chi connectivity index (χ4n) is 3.68. The molecule has 0 radical (unpaired) electrons. The number of hydrogen-bond acceptors (Lipinski definition) is 7. The first-order valence-corrected chi connectivity index (χ1v) is 10.9. The van der Waals surface area contributed by atoms with Crippen LogP contribution < -0.4 is 10.2 Å². The van der Waals surface area contributed by atoms with Gasteiger partial charge in [0, 0.05) is 25.9 Å². The molecule has 9 nitrogen and oxygen atoms in total. The summed E-state index contributed by atoms with van der Waals surface area (Å²) in [5.41, 5.74) is 3.97. The molecule has 4 rings (SSSR count). The van der Waals surface area contributed by atoms with Gasteiger partial charge in [-0.3, -0.25) is 9.67 Å². The van der Waals surface area contributed by atoms with E-state index in [2.05, 4.69) is 15.1 Å². The van der Waals surface area contributed by atoms with E-state index in [-0.39, 0.29) is 24.6 Å². The van der Waals surface area contributed by atoms with Crippen LogP contribution in [0.4, 0.5) is 10.1 Å². The quantitative estimate of drug-likeness (QED) is 0.429. The molecule has 0 saturated heterocycles. The summed E-state index contributed by atoms with van der Waals surface area (Å²) in [5, 5.41) is 14.7. The highest BCUT2D eigenvalue weighted by molar-refractivity contribution is 5.73. The summed E-state index contributed by atoms with van der Waals surface area (Å²) < 4.78 is 28.8. The van der Waals surface area contributed by atoms with E-state index in [1.165, 1.54) is 14.2 Å². The van der Waals surface area contributed by atoms with Gasteiger partial charge >= 0.3 is 0 Å². The zero-order valence-corrected chi connectivity index (χ0v) is 19.6. The molecule has 1 N–H and O–H groups in total. The van der Waals surface area contributed by atoms with Gasteiger partial charge in [-0.05, 0) is 36.2 Å². The van der Waals surface area contributed by atoms with Crippen LogP contribution >= 0.6 is 0 Å². The number of aliphatic hydroxyl groups excluding tert-OH is 1. The fourth-order valence-corrected chi connectivity index (χ4v) is 3.68. The highest BCUT2D eigenvalue weighted by Crippen LogP contribution is 2.29. The van der Waals surface area contributed by atoms with E-state index in [4.69, 9.17) is 14.5 Å². The Hall–Kier alpha value is -3.63. The molecular formula is C24H27FN6O3. The molecule has 1 atom stereocenters. The Bertz CT molecular complexity index is 1380. The third-order valence-electron chi connectivity index (χ3n) is 5.40. The minimum atomic E-state index is -0.834. The van der Waals surface area contributed by atoms with Crippen LogP contribution in [0.25, 0.3) is 22.4 Å². The normalized spacial score (nSPS) is 12.9. The van der Waals surface area contributed by atoms with Crippen molar-refractivity contribution in [3.8, 4) is 17.0 Å². The van der Waals surface area contributed by atoms with Crippen LogP contribution in [0.2, 0.25) is 0 Å². The maximum Gasteiger partial charge on any atom is 0.190 e. The summed E-state index contributed by atoms with van der Waals surface area (Å²) in [7, 11) is 4.76. The van der Waals surface area contributed by atoms with Gasteiger partial charge in [0.05, 0.1) is 44.5 Å². The van der Waals surface area contributed by atoms with Gasteiger partial charge in [0.2, 0.25) is 0 Å². The molecule has 1 aromatic carbocycles. The van der Waals surface area contributed by atoms with Crippen LogP contribution in [0.5, 0.6) is 5.75 Å². The first-order valence-electron chi connectivity index (χ1n) is 10.9. The number of aryl methyl sites for hydroxylation is 2. The van der Waals surface area contributed by atoms with Crippen molar-refractivity contribution in [1.82, 2.24) is 24.3 Å². The number of methoxy groups -OCH3 is 2. The van der Waals surface area contributed by atoms with Gasteiger partial charge in [0.25, 0.3) is 0 Å². The second-order valence-corrected chi connectivity index (χ2v) is 7.87. The Balaban J connectivity index is 1.95. The van der Waals surface area contributed by atoms with Crippen LogP contribution in [0.3, 0.4) is 0 Å². The number of aliphatic hydroxyl groups is 1. The van der Waals surface area contributed by atoms with Crippen molar-refractivity contribution in [3.05, 3.63) is 59.7 Å². The largest absolute Gasteiger partial charge is 0.494 e. The Morgan fingerprint density at radius 1 is 1.21 bits per heavy atom. The Morgan fingerprint density at radius 3 is 2.71 bits per heavy atom. The van der Waals surface area contributed by atoms with Crippen LogP contribution in [0, 0.1) is 5.82 Å². The number of halogens is 1. The predicted octanol–water partition coefficient (Wildman–Crippen LogP) is 2.78. The Labute approximate surface area is 196 Å². The molecule has 0 fully saturated rings. The summed E-state index contributed by atoms with van der Waals surface area (Å²) in [4.78, 5) is 13.9. The summed E-state index contributed by atoms with van der Waals surface area (Å²) in [6.45, 7) is 2.22. The Kier molecular flexibility index (Phi) is 6.99. The number of benzene rings is 1. The van der Waals surface area contributed by atoms with Crippen molar-refractivity contribution in [1.29, 1.82) is 0 Å². The van der Waals surface area contributed by atoms with E-state index in [0.29, 0.717) is 28.8 Å². The molecule has 4 aromatic rings. The van der Waals surface area contributed by atoms with Crippen LogP contribution in [0.1, 0.15) is 12.5 Å². The molecule has 0 aliphatic rings. The SMILES string of the molecule is CCc1cc(N=c2ccc3ncc(-c4cnn(C)c4)nc3n2CC(O)COC)c(F)c(OC)c1. The number of ether oxygens (including phenoxy) is 2. The zero-order valence-electron chi connectivity index (χ0n) is 19.6. The summed E-state index contributed by atoms with van der Waals surface area (Å²) in [6, 6.07) is 6.85. The summed E-state index contributed by atoms with van der Waals surface area (Å²) in [6.07, 6.45) is 5.07. The summed E-state index contributed by atoms with van der Waals surface area (Å²) in [5.74, 6) is -0.428. The monoisotopic (exact) mass is 466 g/mol. The third-order valence-corrected chi connectivity index (χ3v) is 5.40. The molecule has 0 amide bonds. The van der Waals surface area contributed by atoms with Gasteiger partial charge in [-0.15, -0.1) is 0 Å². The maximum atomic E-state index is 15.1. The van der Waals surface area contributed by atoms with E-state index in [0.717, 1.165) is 11.1 Å². The molecule has 0 aliphatic carbocycles. The topological polar surface area (TPSA) is 99.6 Å². The molecule has 0 saturated carbocycles. The van der Waals surface area contributed by atoms with Gasteiger partial charge in [-0.25, -0.2) is 14.4 Å². The van der Waals surface area contributed by atoms with Gasteiger partial charge in [-0.1, -0.05) is 6.92 Å². The summed E-state index contributed by atoms with van der Waals surface area (Å²) >= 11 is 0. The van der Waals surface area contributed by atoms with E-state index >= 15 is 4.39 Å². The molecule has 0 bridgehead atoms. The standard InChI is InChI=1S/C24H27FN6O3/c1-5-15-8-19(23(25)21(9-15)34-4)28-22-7-6-18-24(31(22)13-17(32)14-33-3)29-20(11-26-18)16-10-27-30(2)12-16/h6-12,17,32H,5,13-14H2,1-4H3. The van der Waals surface area contributed by atoms with Gasteiger partial charge in [0.15, 0.2) is 17.2 Å². The van der Waals surface area contributed by atoms with Crippen LogP contribution in [-0.4, -0.2) is 56.4 Å². The van der Waals surface area contributed by atoms with E-state index in [9.17, 15) is 5.11 Å². The van der Waals surface area contributed by atoms with Crippen LogP contribution in [-0.2, 0) is 24.8 Å². The van der Waals surface area contributed by atoms with Crippen molar-refractivity contribution >= 4 is 16.9 Å². The van der Waals surface area contributed by atoms with Crippen molar-refractivity contribution in [3.63, 3.8) is 0 Å². The first-order chi connectivity index (χ1) is 16.4. The lowest BCUT2D eigenvalue weighted by Crippen LogP contribution is -2.30. The second kappa shape index (κ2) is 10.1. The lowest BCUT2D eigenvalue weighted by molar-refractivity contribution is 0.0536. The number of pyridine rings is 1. The minimum Gasteiger partial charge on any atom is -0.494 e. The number of fused-ring (bicyclic) bond motifs is 1. The maximum absolute atomic E-state index is 15.1. The smallest absolute Gasteiger partial charge is 0.190 e. The minimum absolute atomic E-state index is 0.117. The lowest BCUT2D eigenvalue weighted by Gasteiger charge is -2.16. The van der Waals surface area contributed by atoms with Crippen molar-refractivity contribution in [2.75, 3.05) is 20.8 Å². The highest BCUT2D eigenvalue weighted by Gasteiger charge is 2.15. The van der Waals surface area contributed by atoms with Crippen molar-refractivity contribution in [2.24, 2.45) is 12.0 Å². The zero-order chi connectivity index (χ0) is 24.2. The first kappa shape index (κ1) is 23.5. The van der Waals surface area contributed by atoms with Crippen molar-refractivity contribution < 1.29 is 19.0 Å². The van der Waals surface area contributed by atoms with E-state index in [1.54, 1.807) is 45.9 Å². The molecule has 0 aliphatic heterocycles. The fraction of sp³-hybridized carbons (Fsp3) is 0.333. The highest BCUT2D eigenvalue weighted by atomic mass is 19.1. The molecule has 3 aromatic heterocycles. The second-order valence-electron chi connectivity index (χ2n) is 7.87. The van der Waals surface area contributed by atoms with Crippen LogP contribution in [0.15, 0.2) is 47.8 Å². The third kappa shape index (κ3) is 4.82. The molecule has 178 valence electrons. The van der Waals surface area contributed by atoms with Gasteiger partial charge in [0.1, 0.15) is 16.7 Å². The molecule has 34 heavy (non-hydrogen) atoms. The lowest BCUT2D eigenvalue weighted by atomic mass is 10.1. The van der Waals surface area contributed by atoms with E-state index in [1.807, 2.05) is 20.2 Å². The van der Waals surface area contributed by atoms with Gasteiger partial charge in [-0.2, -0.15) is 5.10 Å². The molecule has 3 heterocycles. The molecule has 10 heteroatoms. The number of aromatic nitrogens is 5. The average Bonchev–Trinajstić information content (AvgIpc) is 3.27. The van der Waals surface area contributed by atoms with E-state index < -0.39 is 11.9 Å². The van der Waals surface area contributed by atoms with Crippen molar-refractivity contribution in [2.45, 2.75) is 26.0 Å². The number of nitrogens with zero attached hydrogens (tertiary/aromatic N) is 6. The number of rotatable bonds is 8. The molecule has 1 unspecified atom stereocenters. The molecule has 0 spiro atoms. The Morgan fingerprint density at radius 2 is 2.03 bits per heavy atom. The van der Waals surface area contributed by atoms with Gasteiger partial charge < -0.3 is 19.1 Å². The average molecular weight is 467 g/mol. The molecular weight excluding hydrogens is 439 g/mol. The predicted molar refractivity (Wildman–Crippen MR) is 125 cm³/mol. The number of hydrogen-bond donors (Lipinski definition) is 1.